The van der Waals surface area contributed by atoms with Crippen LogP contribution in [-0.2, 0) is 0 Å². The van der Waals surface area contributed by atoms with Crippen LogP contribution in [0.4, 0.5) is 0 Å². The van der Waals surface area contributed by atoms with Gasteiger partial charge in [-0.25, -0.2) is 0 Å². The molecule has 0 saturated carbocycles. The lowest BCUT2D eigenvalue weighted by atomic mass is 10.5. The molecule has 0 aliphatic carbocycles. The molecule has 0 saturated heterocycles. The van der Waals surface area contributed by atoms with E-state index >= 15 is 0 Å². The third-order valence-corrected chi connectivity index (χ3v) is 3.87. The fourth-order valence-electron chi connectivity index (χ4n) is 0. The zero-order chi connectivity index (χ0) is 6.08. The second-order valence-corrected chi connectivity index (χ2v) is 5.99. The van der Waals surface area contributed by atoms with Crippen LogP contribution in [0.3, 0.4) is 0 Å². The van der Waals surface area contributed by atoms with Crippen LogP contribution in [0, 0.1) is 0 Å². The summed E-state index contributed by atoms with van der Waals surface area (Å²) in [7, 11) is 0. The number of rotatable bonds is 1. The average molecular weight is 297 g/mol. The number of halogens is 3. The molecule has 0 aromatic heterocycles. The minimum Gasteiger partial charge on any atom is -0.377 e. The highest BCUT2D eigenvalue weighted by Crippen LogP contribution is 2.28. The predicted octanol–water partition coefficient (Wildman–Crippen LogP) is 2.21. The molecular weight excluding hydrogens is 292 g/mol. The van der Waals surface area contributed by atoms with Gasteiger partial charge >= 0.3 is 0 Å². The molecule has 1 atom stereocenters. The van der Waals surface area contributed by atoms with Crippen molar-refractivity contribution in [3.63, 3.8) is 0 Å². The fourth-order valence-corrected chi connectivity index (χ4v) is 0. The van der Waals surface area contributed by atoms with Crippen molar-refractivity contribution in [1.82, 2.24) is 0 Å². The summed E-state index contributed by atoms with van der Waals surface area (Å²) in [4.78, 5) is 0. The molecule has 0 radical (unpaired) electrons. The third kappa shape index (κ3) is 3.94. The third-order valence-electron chi connectivity index (χ3n) is 0.398. The number of alkyl halides is 3. The Kier molecular flexibility index (Phi) is 3.36. The summed E-state index contributed by atoms with van der Waals surface area (Å²) >= 11 is 9.23. The molecule has 0 aromatic carbocycles. The quantitative estimate of drug-likeness (QED) is 0.736. The van der Waals surface area contributed by atoms with E-state index in [4.69, 9.17) is 5.11 Å². The molecule has 1 N–H and O–H groups in total. The maximum atomic E-state index is 8.92. The Morgan fingerprint density at radius 1 is 1.57 bits per heavy atom. The molecular formula is C3H5Br3O. The summed E-state index contributed by atoms with van der Waals surface area (Å²) in [6.45, 7) is 1.64. The summed E-state index contributed by atoms with van der Waals surface area (Å²) in [5, 5.41) is 8.92. The Balaban J connectivity index is 3.54. The zero-order valence-electron chi connectivity index (χ0n) is 3.66. The average Bonchev–Trinajstić information content (AvgIpc) is 1.31. The highest BCUT2D eigenvalue weighted by Gasteiger charge is 2.22. The van der Waals surface area contributed by atoms with Crippen molar-refractivity contribution in [3.8, 4) is 0 Å². The van der Waals surface area contributed by atoms with Gasteiger partial charge in [0.2, 0.25) is 0 Å². The Labute approximate surface area is 67.9 Å². The lowest BCUT2D eigenvalue weighted by Crippen LogP contribution is -2.21. The van der Waals surface area contributed by atoms with Gasteiger partial charge in [-0.1, -0.05) is 47.8 Å². The smallest absolute Gasteiger partial charge is 0.138 e. The molecule has 0 aliphatic rings. The summed E-state index contributed by atoms with van der Waals surface area (Å²) in [6, 6.07) is 0. The van der Waals surface area contributed by atoms with Crippen molar-refractivity contribution in [2.45, 2.75) is 15.2 Å². The van der Waals surface area contributed by atoms with E-state index in [-0.39, 0.29) is 3.74 Å². The lowest BCUT2D eigenvalue weighted by molar-refractivity contribution is 0.187. The Bertz CT molecular complexity index is 55.7. The van der Waals surface area contributed by atoms with Crippen molar-refractivity contribution in [3.05, 3.63) is 0 Å². The maximum absolute atomic E-state index is 8.92. The molecule has 0 heterocycles. The van der Waals surface area contributed by atoms with Crippen molar-refractivity contribution in [2.75, 3.05) is 0 Å². The van der Waals surface area contributed by atoms with Crippen molar-refractivity contribution in [1.29, 1.82) is 0 Å². The van der Waals surface area contributed by atoms with Crippen molar-refractivity contribution < 1.29 is 5.11 Å². The van der Waals surface area contributed by atoms with Crippen LogP contribution in [0.25, 0.3) is 0 Å². The first-order valence-electron chi connectivity index (χ1n) is 1.64. The van der Waals surface area contributed by atoms with Crippen LogP contribution in [-0.4, -0.2) is 13.4 Å². The van der Waals surface area contributed by atoms with Crippen LogP contribution in [0.1, 0.15) is 6.92 Å². The van der Waals surface area contributed by atoms with Crippen LogP contribution in [0.15, 0.2) is 0 Å². The molecule has 44 valence electrons. The zero-order valence-corrected chi connectivity index (χ0v) is 8.42. The Hall–Kier alpha value is 1.40. The number of aliphatic hydroxyl groups is 1. The normalized spacial score (nSPS) is 19.7. The van der Waals surface area contributed by atoms with E-state index in [9.17, 15) is 0 Å². The standard InChI is InChI=1S/C3H5Br3O/c1-3(6,7)2(4)5/h2,7H,1H3. The minimum atomic E-state index is -0.854. The monoisotopic (exact) mass is 294 g/mol. The second kappa shape index (κ2) is 2.80. The van der Waals surface area contributed by atoms with Gasteiger partial charge in [-0.05, 0) is 6.92 Å². The van der Waals surface area contributed by atoms with Crippen molar-refractivity contribution in [2.24, 2.45) is 0 Å². The summed E-state index contributed by atoms with van der Waals surface area (Å²) in [5.41, 5.74) is 0. The van der Waals surface area contributed by atoms with E-state index in [1.54, 1.807) is 6.92 Å². The van der Waals surface area contributed by atoms with E-state index < -0.39 is 4.51 Å². The topological polar surface area (TPSA) is 20.2 Å². The second-order valence-electron chi connectivity index (χ2n) is 1.32. The number of hydrogen-bond donors (Lipinski definition) is 1. The highest BCUT2D eigenvalue weighted by atomic mass is 79.9. The number of hydrogen-bond acceptors (Lipinski definition) is 1. The van der Waals surface area contributed by atoms with Crippen molar-refractivity contribution >= 4 is 47.8 Å². The van der Waals surface area contributed by atoms with Gasteiger partial charge in [0.1, 0.15) is 8.25 Å². The van der Waals surface area contributed by atoms with Gasteiger partial charge < -0.3 is 5.11 Å². The van der Waals surface area contributed by atoms with E-state index in [0.717, 1.165) is 0 Å². The minimum absolute atomic E-state index is 0.104. The van der Waals surface area contributed by atoms with Crippen LogP contribution in [0.5, 0.6) is 0 Å². The van der Waals surface area contributed by atoms with E-state index in [1.165, 1.54) is 0 Å². The molecule has 7 heavy (non-hydrogen) atoms. The first-order chi connectivity index (χ1) is 2.94. The molecule has 0 amide bonds. The predicted molar refractivity (Wildman–Crippen MR) is 41.2 cm³/mol. The van der Waals surface area contributed by atoms with Gasteiger partial charge in [-0.3, -0.25) is 0 Å². The molecule has 0 spiro atoms. The molecule has 4 heteroatoms. The Morgan fingerprint density at radius 2 is 1.71 bits per heavy atom. The molecule has 0 aliphatic heterocycles. The van der Waals surface area contributed by atoms with Crippen LogP contribution < -0.4 is 0 Å². The molecule has 0 bridgehead atoms. The lowest BCUT2D eigenvalue weighted by Gasteiger charge is -2.15. The Morgan fingerprint density at radius 3 is 1.71 bits per heavy atom. The molecule has 1 nitrogen and oxygen atoms in total. The summed E-state index contributed by atoms with van der Waals surface area (Å²) < 4.78 is -0.958. The molecule has 1 unspecified atom stereocenters. The van der Waals surface area contributed by atoms with Gasteiger partial charge in [0.15, 0.2) is 0 Å². The van der Waals surface area contributed by atoms with E-state index in [0.29, 0.717) is 0 Å². The van der Waals surface area contributed by atoms with Crippen LogP contribution >= 0.6 is 47.8 Å². The van der Waals surface area contributed by atoms with Gasteiger partial charge in [-0.15, -0.1) is 0 Å². The molecule has 0 rings (SSSR count). The summed E-state index contributed by atoms with van der Waals surface area (Å²) in [6.07, 6.45) is 0. The van der Waals surface area contributed by atoms with E-state index in [1.807, 2.05) is 0 Å². The first-order valence-corrected chi connectivity index (χ1v) is 4.26. The first kappa shape index (κ1) is 8.40. The SMILES string of the molecule is CC(O)(Br)C(Br)Br. The van der Waals surface area contributed by atoms with Gasteiger partial charge in [-0.2, -0.15) is 0 Å². The molecule has 0 fully saturated rings. The highest BCUT2D eigenvalue weighted by molar-refractivity contribution is 9.25. The fraction of sp³-hybridized carbons (Fsp3) is 1.00. The van der Waals surface area contributed by atoms with Gasteiger partial charge in [0, 0.05) is 0 Å². The van der Waals surface area contributed by atoms with E-state index in [2.05, 4.69) is 47.8 Å². The molecule has 0 aromatic rings. The largest absolute Gasteiger partial charge is 0.377 e. The van der Waals surface area contributed by atoms with Gasteiger partial charge in [0.05, 0.1) is 0 Å². The maximum Gasteiger partial charge on any atom is 0.138 e. The summed E-state index contributed by atoms with van der Waals surface area (Å²) in [5.74, 6) is 0. The van der Waals surface area contributed by atoms with Gasteiger partial charge in [0.25, 0.3) is 0 Å². The van der Waals surface area contributed by atoms with Crippen LogP contribution in [0.2, 0.25) is 0 Å².